The molecule has 0 aliphatic rings. The summed E-state index contributed by atoms with van der Waals surface area (Å²) in [5, 5.41) is 13.1. The molecular weight excluding hydrogens is 432 g/mol. The maximum atomic E-state index is 11.2. The van der Waals surface area contributed by atoms with E-state index in [0.717, 1.165) is 28.0 Å². The maximum absolute atomic E-state index is 11.2. The molecule has 0 spiro atoms. The molecule has 13 heteroatoms. The lowest BCUT2D eigenvalue weighted by Crippen LogP contribution is -1.86. The van der Waals surface area contributed by atoms with Crippen LogP contribution in [0.1, 0.15) is 0 Å². The number of aromatic amines is 2. The molecule has 4 N–H and O–H groups in total. The highest BCUT2D eigenvalue weighted by atomic mass is 33.1. The number of benzene rings is 2. The van der Waals surface area contributed by atoms with Crippen LogP contribution in [0, 0.1) is 0 Å². The second-order valence-corrected chi connectivity index (χ2v) is 8.93. The first-order chi connectivity index (χ1) is 13.1. The molecule has 2 aromatic heterocycles. The molecule has 4 aromatic rings. The van der Waals surface area contributed by atoms with Gasteiger partial charge in [0.2, 0.25) is 0 Å². The third-order valence-electron chi connectivity index (χ3n) is 3.43. The van der Waals surface area contributed by atoms with Gasteiger partial charge in [-0.1, -0.05) is 5.04 Å². The number of nitrogens with one attached hydrogen (secondary N) is 2. The van der Waals surface area contributed by atoms with Crippen molar-refractivity contribution in [2.45, 2.75) is 20.1 Å². The van der Waals surface area contributed by atoms with Crippen molar-refractivity contribution in [3.05, 3.63) is 36.4 Å². The van der Waals surface area contributed by atoms with Crippen molar-refractivity contribution in [1.82, 2.24) is 19.9 Å². The maximum Gasteiger partial charge on any atom is 0.186 e. The Kier molecular flexibility index (Phi) is 5.70. The molecular formula is C14H10N4O5S4. The van der Waals surface area contributed by atoms with Gasteiger partial charge in [-0.25, -0.2) is 19.4 Å². The standard InChI is InChI=1S/C14H10N4O5S4/c19-22-23-24-7-1-3-9-11(5-7)17-13(15-9)25-26-14-16-10-4-2-8(27(20)21)6-12(10)18-14/h1-6,19H,(H,15,17)(H,16,18)(H,20,21). The molecule has 0 bridgehead atoms. The molecule has 140 valence electrons. The fourth-order valence-electron chi connectivity index (χ4n) is 2.30. The number of rotatable bonds is 7. The van der Waals surface area contributed by atoms with Crippen LogP contribution < -0.4 is 0 Å². The van der Waals surface area contributed by atoms with Crippen LogP contribution in [0.3, 0.4) is 0 Å². The molecule has 0 aliphatic heterocycles. The molecule has 0 fully saturated rings. The number of nitrogens with zero attached hydrogens (tertiary/aromatic N) is 2. The SMILES string of the molecule is O=S(O)c1ccc2nc(SSc3nc4ccc(SOOO)cc4[nH]3)[nH]c2c1. The highest BCUT2D eigenvalue weighted by Crippen LogP contribution is 2.36. The molecule has 2 heterocycles. The minimum Gasteiger partial charge on any atom is -0.332 e. The zero-order valence-corrected chi connectivity index (χ0v) is 16.4. The minimum atomic E-state index is -2.03. The zero-order chi connectivity index (χ0) is 18.8. The van der Waals surface area contributed by atoms with E-state index in [9.17, 15) is 4.21 Å². The van der Waals surface area contributed by atoms with Crippen molar-refractivity contribution >= 4 is 66.8 Å². The van der Waals surface area contributed by atoms with Crippen molar-refractivity contribution in [2.24, 2.45) is 0 Å². The number of aromatic nitrogens is 4. The number of H-pyrrole nitrogens is 2. The average molecular weight is 443 g/mol. The van der Waals surface area contributed by atoms with Crippen molar-refractivity contribution in [3.63, 3.8) is 0 Å². The molecule has 0 radical (unpaired) electrons. The van der Waals surface area contributed by atoms with Crippen LogP contribution in [0.4, 0.5) is 0 Å². The van der Waals surface area contributed by atoms with E-state index in [-0.39, 0.29) is 0 Å². The molecule has 27 heavy (non-hydrogen) atoms. The van der Waals surface area contributed by atoms with Gasteiger partial charge in [-0.05, 0) is 58.0 Å². The number of imidazole rings is 2. The largest absolute Gasteiger partial charge is 0.332 e. The van der Waals surface area contributed by atoms with E-state index in [1.165, 1.54) is 21.6 Å². The van der Waals surface area contributed by atoms with Gasteiger partial charge < -0.3 is 14.5 Å². The lowest BCUT2D eigenvalue weighted by molar-refractivity contribution is -0.432. The number of hydrogen-bond donors (Lipinski definition) is 4. The summed E-state index contributed by atoms with van der Waals surface area (Å²) < 4.78 is 24.7. The quantitative estimate of drug-likeness (QED) is 0.108. The second kappa shape index (κ2) is 8.20. The molecule has 0 saturated carbocycles. The summed E-state index contributed by atoms with van der Waals surface area (Å²) in [5.41, 5.74) is 3.00. The van der Waals surface area contributed by atoms with Gasteiger partial charge in [0.05, 0.1) is 39.0 Å². The summed E-state index contributed by atoms with van der Waals surface area (Å²) >= 11 is -1.16. The van der Waals surface area contributed by atoms with Gasteiger partial charge in [0.1, 0.15) is 0 Å². The van der Waals surface area contributed by atoms with E-state index in [1.54, 1.807) is 24.3 Å². The minimum absolute atomic E-state index is 0.317. The third kappa shape index (κ3) is 4.30. The molecule has 1 atom stereocenters. The predicted octanol–water partition coefficient (Wildman–Crippen LogP) is 4.25. The molecule has 9 nitrogen and oxygen atoms in total. The van der Waals surface area contributed by atoms with Gasteiger partial charge >= 0.3 is 0 Å². The lowest BCUT2D eigenvalue weighted by atomic mass is 10.3. The first kappa shape index (κ1) is 18.8. The Morgan fingerprint density at radius 1 is 0.963 bits per heavy atom. The molecule has 4 rings (SSSR count). The van der Waals surface area contributed by atoms with Gasteiger partial charge in [-0.15, -0.1) is 4.33 Å². The molecule has 1 unspecified atom stereocenters. The third-order valence-corrected chi connectivity index (χ3v) is 6.64. The summed E-state index contributed by atoms with van der Waals surface area (Å²) in [6.07, 6.45) is 0. The Balaban J connectivity index is 1.49. The monoisotopic (exact) mass is 442 g/mol. The van der Waals surface area contributed by atoms with Crippen LogP contribution in [-0.4, -0.2) is 34.0 Å². The van der Waals surface area contributed by atoms with E-state index in [1.807, 2.05) is 12.1 Å². The van der Waals surface area contributed by atoms with Gasteiger partial charge in [-0.3, -0.25) is 0 Å². The summed E-state index contributed by atoms with van der Waals surface area (Å²) in [6, 6.07) is 10.3. The smallest absolute Gasteiger partial charge is 0.186 e. The number of hydrogen-bond acceptors (Lipinski definition) is 9. The molecule has 0 saturated heterocycles. The average Bonchev–Trinajstić information content (AvgIpc) is 3.26. The van der Waals surface area contributed by atoms with Crippen LogP contribution in [0.15, 0.2) is 56.5 Å². The van der Waals surface area contributed by atoms with Crippen molar-refractivity contribution < 1.29 is 23.4 Å². The molecule has 0 amide bonds. The van der Waals surface area contributed by atoms with E-state index in [0.29, 0.717) is 26.2 Å². The Morgan fingerprint density at radius 3 is 2.22 bits per heavy atom. The number of fused-ring (bicyclic) bond motifs is 2. The van der Waals surface area contributed by atoms with Crippen LogP contribution in [0.5, 0.6) is 0 Å². The van der Waals surface area contributed by atoms with E-state index < -0.39 is 11.1 Å². The Bertz CT molecular complexity index is 1130. The normalized spacial score (nSPS) is 12.8. The Morgan fingerprint density at radius 2 is 1.59 bits per heavy atom. The first-order valence-corrected chi connectivity index (χ1v) is 11.2. The van der Waals surface area contributed by atoms with Crippen molar-refractivity contribution in [2.75, 3.05) is 0 Å². The fourth-order valence-corrected chi connectivity index (χ4v) is 4.78. The predicted molar refractivity (Wildman–Crippen MR) is 104 cm³/mol. The summed E-state index contributed by atoms with van der Waals surface area (Å²) in [5.74, 6) is 0. The summed E-state index contributed by atoms with van der Waals surface area (Å²) in [4.78, 5) is 16.3. The van der Waals surface area contributed by atoms with Crippen molar-refractivity contribution in [3.8, 4) is 0 Å². The molecule has 0 aliphatic carbocycles. The summed E-state index contributed by atoms with van der Waals surface area (Å²) in [7, 11) is 2.77. The van der Waals surface area contributed by atoms with Gasteiger partial charge in [0, 0.05) is 4.90 Å². The fraction of sp³-hybridized carbons (Fsp3) is 0. The zero-order valence-electron chi connectivity index (χ0n) is 13.1. The Labute approximate surface area is 166 Å². The van der Waals surface area contributed by atoms with Crippen LogP contribution >= 0.6 is 33.6 Å². The topological polar surface area (TPSA) is 133 Å². The molecule has 2 aromatic carbocycles. The highest BCUT2D eigenvalue weighted by molar-refractivity contribution is 8.76. The van der Waals surface area contributed by atoms with Gasteiger partial charge in [-0.2, -0.15) is 0 Å². The van der Waals surface area contributed by atoms with Crippen LogP contribution in [0.25, 0.3) is 22.1 Å². The van der Waals surface area contributed by atoms with Crippen molar-refractivity contribution in [1.29, 1.82) is 0 Å². The van der Waals surface area contributed by atoms with E-state index in [4.69, 9.17) is 9.81 Å². The van der Waals surface area contributed by atoms with E-state index >= 15 is 0 Å². The van der Waals surface area contributed by atoms with E-state index in [2.05, 4.69) is 29.3 Å². The summed E-state index contributed by atoms with van der Waals surface area (Å²) in [6.45, 7) is 0. The lowest BCUT2D eigenvalue weighted by Gasteiger charge is -1.96. The van der Waals surface area contributed by atoms with Gasteiger partial charge in [0.25, 0.3) is 0 Å². The highest BCUT2D eigenvalue weighted by Gasteiger charge is 2.10. The second-order valence-electron chi connectivity index (χ2n) is 5.08. The van der Waals surface area contributed by atoms with Crippen LogP contribution in [0.2, 0.25) is 0 Å². The van der Waals surface area contributed by atoms with Gasteiger partial charge in [0.15, 0.2) is 21.4 Å². The Hall–Kier alpha value is -1.58. The first-order valence-electron chi connectivity index (χ1n) is 7.22. The van der Waals surface area contributed by atoms with Crippen LogP contribution in [-0.2, 0) is 20.5 Å².